The van der Waals surface area contributed by atoms with E-state index in [9.17, 15) is 9.59 Å². The third-order valence-corrected chi connectivity index (χ3v) is 5.55. The van der Waals surface area contributed by atoms with Crippen molar-refractivity contribution in [3.05, 3.63) is 30.3 Å². The van der Waals surface area contributed by atoms with E-state index >= 15 is 0 Å². The number of nitrogens with zero attached hydrogens (tertiary/aromatic N) is 3. The first kappa shape index (κ1) is 20.2. The summed E-state index contributed by atoms with van der Waals surface area (Å²) in [6, 6.07) is 9.66. The summed E-state index contributed by atoms with van der Waals surface area (Å²) in [5.74, 6) is -0.0177. The lowest BCUT2D eigenvalue weighted by Crippen LogP contribution is -2.41. The molecule has 3 amide bonds. The Kier molecular flexibility index (Phi) is 7.28. The Morgan fingerprint density at radius 2 is 1.82 bits per heavy atom. The van der Waals surface area contributed by atoms with E-state index < -0.39 is 0 Å². The van der Waals surface area contributed by atoms with Gasteiger partial charge in [-0.3, -0.25) is 4.79 Å². The average molecular weight is 386 g/mol. The molecule has 2 aliphatic rings. The number of likely N-dealkylation sites (tertiary alicyclic amines) is 1. The standard InChI is InChI=1S/C21H30N4O3/c1-24(19-10-6-3-7-11-19)20(26)16-28-23-18-12-14-25(15-13-18)21(27)22-17-8-4-2-5-9-17/h2,4-5,8-9,19H,3,6-7,10-16H2,1H3,(H,22,27). The van der Waals surface area contributed by atoms with Crippen molar-refractivity contribution in [2.24, 2.45) is 5.16 Å². The van der Waals surface area contributed by atoms with E-state index in [-0.39, 0.29) is 18.5 Å². The summed E-state index contributed by atoms with van der Waals surface area (Å²) in [7, 11) is 1.86. The van der Waals surface area contributed by atoms with Crippen LogP contribution >= 0.6 is 0 Å². The minimum Gasteiger partial charge on any atom is -0.386 e. The zero-order valence-electron chi connectivity index (χ0n) is 16.6. The van der Waals surface area contributed by atoms with E-state index in [0.29, 0.717) is 32.0 Å². The SMILES string of the molecule is CN(C(=O)CON=C1CCN(C(=O)Nc2ccccc2)CC1)C1CCCCC1. The van der Waals surface area contributed by atoms with Crippen LogP contribution in [0.25, 0.3) is 0 Å². The molecule has 1 aliphatic heterocycles. The maximum atomic E-state index is 12.3. The van der Waals surface area contributed by atoms with Gasteiger partial charge in [-0.2, -0.15) is 0 Å². The van der Waals surface area contributed by atoms with E-state index in [1.165, 1.54) is 19.3 Å². The lowest BCUT2D eigenvalue weighted by molar-refractivity contribution is -0.137. The fraction of sp³-hybridized carbons (Fsp3) is 0.571. The van der Waals surface area contributed by atoms with Crippen molar-refractivity contribution in [2.75, 3.05) is 32.1 Å². The average Bonchev–Trinajstić information content (AvgIpc) is 2.75. The highest BCUT2D eigenvalue weighted by Crippen LogP contribution is 2.21. The molecule has 0 spiro atoms. The van der Waals surface area contributed by atoms with Gasteiger partial charge in [0.15, 0.2) is 6.61 Å². The number of benzene rings is 1. The molecule has 1 N–H and O–H groups in total. The summed E-state index contributed by atoms with van der Waals surface area (Å²) in [5, 5.41) is 7.03. The van der Waals surface area contributed by atoms with Gasteiger partial charge in [0.25, 0.3) is 5.91 Å². The molecule has 1 aromatic rings. The predicted molar refractivity (Wildman–Crippen MR) is 109 cm³/mol. The molecule has 0 atom stereocenters. The summed E-state index contributed by atoms with van der Waals surface area (Å²) in [6.07, 6.45) is 7.14. The molecule has 7 heteroatoms. The molecule has 1 saturated heterocycles. The maximum Gasteiger partial charge on any atom is 0.321 e. The van der Waals surface area contributed by atoms with E-state index in [0.717, 1.165) is 24.2 Å². The van der Waals surface area contributed by atoms with Crippen LogP contribution in [0.4, 0.5) is 10.5 Å². The highest BCUT2D eigenvalue weighted by molar-refractivity contribution is 5.92. The van der Waals surface area contributed by atoms with Crippen LogP contribution in [-0.2, 0) is 9.63 Å². The minimum atomic E-state index is -0.101. The van der Waals surface area contributed by atoms with Gasteiger partial charge in [0.05, 0.1) is 5.71 Å². The maximum absolute atomic E-state index is 12.3. The summed E-state index contributed by atoms with van der Waals surface area (Å²) < 4.78 is 0. The van der Waals surface area contributed by atoms with Gasteiger partial charge in [-0.05, 0) is 25.0 Å². The minimum absolute atomic E-state index is 0.0177. The topological polar surface area (TPSA) is 74.2 Å². The number of amides is 3. The number of urea groups is 1. The summed E-state index contributed by atoms with van der Waals surface area (Å²) in [5.41, 5.74) is 1.69. The van der Waals surface area contributed by atoms with Crippen LogP contribution in [0.15, 0.2) is 35.5 Å². The van der Waals surface area contributed by atoms with Crippen LogP contribution < -0.4 is 5.32 Å². The van der Waals surface area contributed by atoms with Gasteiger partial charge in [0.2, 0.25) is 0 Å². The Labute approximate surface area is 166 Å². The number of anilines is 1. The largest absolute Gasteiger partial charge is 0.386 e. The molecule has 0 radical (unpaired) electrons. The van der Waals surface area contributed by atoms with Gasteiger partial charge in [-0.25, -0.2) is 4.79 Å². The number of hydrogen-bond donors (Lipinski definition) is 1. The van der Waals surface area contributed by atoms with E-state index in [1.807, 2.05) is 42.3 Å². The molecule has 0 bridgehead atoms. The van der Waals surface area contributed by atoms with Crippen LogP contribution in [0.1, 0.15) is 44.9 Å². The zero-order valence-corrected chi connectivity index (χ0v) is 16.6. The van der Waals surface area contributed by atoms with Crippen molar-refractivity contribution in [2.45, 2.75) is 51.0 Å². The smallest absolute Gasteiger partial charge is 0.321 e. The molecule has 2 fully saturated rings. The van der Waals surface area contributed by atoms with Crippen molar-refractivity contribution >= 4 is 23.3 Å². The van der Waals surface area contributed by atoms with Crippen LogP contribution in [0.2, 0.25) is 0 Å². The van der Waals surface area contributed by atoms with Crippen LogP contribution in [0.5, 0.6) is 0 Å². The molecular formula is C21H30N4O3. The molecule has 1 heterocycles. The molecule has 1 aromatic carbocycles. The Morgan fingerprint density at radius 1 is 1.14 bits per heavy atom. The van der Waals surface area contributed by atoms with Gasteiger partial charge >= 0.3 is 6.03 Å². The quantitative estimate of drug-likeness (QED) is 0.788. The fourth-order valence-electron chi connectivity index (χ4n) is 3.74. The molecule has 3 rings (SSSR count). The van der Waals surface area contributed by atoms with E-state index in [2.05, 4.69) is 10.5 Å². The van der Waals surface area contributed by atoms with Crippen LogP contribution in [0.3, 0.4) is 0 Å². The molecule has 0 aromatic heterocycles. The van der Waals surface area contributed by atoms with Crippen molar-refractivity contribution < 1.29 is 14.4 Å². The molecular weight excluding hydrogens is 356 g/mol. The zero-order chi connectivity index (χ0) is 19.8. The predicted octanol–water partition coefficient (Wildman–Crippen LogP) is 3.48. The molecule has 152 valence electrons. The van der Waals surface area contributed by atoms with Crippen molar-refractivity contribution in [1.29, 1.82) is 0 Å². The summed E-state index contributed by atoms with van der Waals surface area (Å²) >= 11 is 0. The Bertz CT molecular complexity index is 676. The number of para-hydroxylation sites is 1. The number of likely N-dealkylation sites (N-methyl/N-ethyl adjacent to an activating group) is 1. The Balaban J connectivity index is 1.37. The van der Waals surface area contributed by atoms with E-state index in [4.69, 9.17) is 4.84 Å². The van der Waals surface area contributed by atoms with Crippen molar-refractivity contribution in [3.63, 3.8) is 0 Å². The first-order valence-electron chi connectivity index (χ1n) is 10.2. The second-order valence-corrected chi connectivity index (χ2v) is 7.51. The van der Waals surface area contributed by atoms with Crippen LogP contribution in [-0.4, -0.2) is 60.2 Å². The third-order valence-electron chi connectivity index (χ3n) is 5.55. The van der Waals surface area contributed by atoms with E-state index in [1.54, 1.807) is 4.90 Å². The summed E-state index contributed by atoms with van der Waals surface area (Å²) in [6.45, 7) is 1.17. The van der Waals surface area contributed by atoms with Crippen molar-refractivity contribution in [3.8, 4) is 0 Å². The van der Waals surface area contributed by atoms with Gasteiger partial charge in [-0.1, -0.05) is 42.6 Å². The molecule has 1 aliphatic carbocycles. The van der Waals surface area contributed by atoms with Gasteiger partial charge in [-0.15, -0.1) is 0 Å². The second kappa shape index (κ2) is 10.1. The highest BCUT2D eigenvalue weighted by atomic mass is 16.6. The van der Waals surface area contributed by atoms with Gasteiger partial charge in [0.1, 0.15) is 0 Å². The van der Waals surface area contributed by atoms with Crippen molar-refractivity contribution in [1.82, 2.24) is 9.80 Å². The molecule has 0 unspecified atom stereocenters. The number of nitrogens with one attached hydrogen (secondary N) is 1. The first-order valence-corrected chi connectivity index (χ1v) is 10.2. The number of carbonyl (C=O) groups is 2. The van der Waals surface area contributed by atoms with Gasteiger partial charge < -0.3 is 20.0 Å². The number of rotatable bonds is 5. The number of piperidine rings is 1. The fourth-order valence-corrected chi connectivity index (χ4v) is 3.74. The normalized spacial score (nSPS) is 17.8. The third kappa shape index (κ3) is 5.71. The Hall–Kier alpha value is -2.57. The lowest BCUT2D eigenvalue weighted by Gasteiger charge is -2.31. The number of hydrogen-bond acceptors (Lipinski definition) is 4. The Morgan fingerprint density at radius 3 is 2.50 bits per heavy atom. The number of oxime groups is 1. The number of carbonyl (C=O) groups excluding carboxylic acids is 2. The second-order valence-electron chi connectivity index (χ2n) is 7.51. The lowest BCUT2D eigenvalue weighted by atomic mass is 9.94. The monoisotopic (exact) mass is 386 g/mol. The molecule has 1 saturated carbocycles. The van der Waals surface area contributed by atoms with Gasteiger partial charge in [0, 0.05) is 44.7 Å². The molecule has 28 heavy (non-hydrogen) atoms. The molecule has 7 nitrogen and oxygen atoms in total. The highest BCUT2D eigenvalue weighted by Gasteiger charge is 2.23. The first-order chi connectivity index (χ1) is 13.6. The summed E-state index contributed by atoms with van der Waals surface area (Å²) in [4.78, 5) is 33.5. The van der Waals surface area contributed by atoms with Crippen LogP contribution in [0, 0.1) is 0 Å².